The Balaban J connectivity index is 2.23. The number of carboxylic acid groups (broad SMARTS) is 1. The Hall–Kier alpha value is -1.30. The van der Waals surface area contributed by atoms with Crippen molar-refractivity contribution in [1.29, 1.82) is 0 Å². The van der Waals surface area contributed by atoms with E-state index in [4.69, 9.17) is 4.74 Å². The Morgan fingerprint density at radius 2 is 2.05 bits per heavy atom. The summed E-state index contributed by atoms with van der Waals surface area (Å²) in [5, 5.41) is 9.39. The summed E-state index contributed by atoms with van der Waals surface area (Å²) >= 11 is 0. The Morgan fingerprint density at radius 1 is 1.42 bits per heavy atom. The van der Waals surface area contributed by atoms with Gasteiger partial charge in [-0.25, -0.2) is 4.79 Å². The molecule has 6 nitrogen and oxygen atoms in total. The van der Waals surface area contributed by atoms with Crippen molar-refractivity contribution in [3.05, 3.63) is 0 Å². The molecular formula is C13H22N2O4. The van der Waals surface area contributed by atoms with E-state index in [1.54, 1.807) is 4.90 Å². The van der Waals surface area contributed by atoms with E-state index in [-0.39, 0.29) is 24.0 Å². The molecule has 0 radical (unpaired) electrons. The lowest BCUT2D eigenvalue weighted by Gasteiger charge is -2.48. The summed E-state index contributed by atoms with van der Waals surface area (Å²) < 4.78 is 4.70. The number of carbonyl (C=O) groups is 2. The molecule has 2 rings (SSSR count). The van der Waals surface area contributed by atoms with Crippen LogP contribution < -0.4 is 0 Å². The molecular weight excluding hydrogens is 248 g/mol. The fraction of sp³-hybridized carbons (Fsp3) is 0.846. The van der Waals surface area contributed by atoms with Gasteiger partial charge in [-0.2, -0.15) is 0 Å². The quantitative estimate of drug-likeness (QED) is 0.758. The molecule has 2 aliphatic rings. The molecule has 0 aromatic rings. The Kier molecular flexibility index (Phi) is 3.24. The highest BCUT2D eigenvalue weighted by Crippen LogP contribution is 2.50. The van der Waals surface area contributed by atoms with Crippen molar-refractivity contribution in [1.82, 2.24) is 9.80 Å². The van der Waals surface area contributed by atoms with Gasteiger partial charge in [-0.15, -0.1) is 0 Å². The van der Waals surface area contributed by atoms with Crippen molar-refractivity contribution in [3.8, 4) is 0 Å². The molecule has 108 valence electrons. The molecule has 2 atom stereocenters. The van der Waals surface area contributed by atoms with Crippen LogP contribution in [0.25, 0.3) is 0 Å². The van der Waals surface area contributed by atoms with Crippen molar-refractivity contribution in [2.24, 2.45) is 5.41 Å². The van der Waals surface area contributed by atoms with Crippen LogP contribution in [-0.4, -0.2) is 65.3 Å². The normalized spacial score (nSPS) is 30.7. The fourth-order valence-electron chi connectivity index (χ4n) is 3.43. The number of methoxy groups -OCH3 is 1. The summed E-state index contributed by atoms with van der Waals surface area (Å²) in [6, 6.07) is 0.120. The van der Waals surface area contributed by atoms with Crippen LogP contribution in [0.2, 0.25) is 0 Å². The zero-order valence-corrected chi connectivity index (χ0v) is 12.0. The third-order valence-electron chi connectivity index (χ3n) is 4.65. The van der Waals surface area contributed by atoms with Gasteiger partial charge >= 0.3 is 12.1 Å². The summed E-state index contributed by atoms with van der Waals surface area (Å²) in [4.78, 5) is 26.5. The van der Waals surface area contributed by atoms with Gasteiger partial charge in [0.25, 0.3) is 0 Å². The number of piperazine rings is 1. The minimum Gasteiger partial charge on any atom is -0.468 e. The lowest BCUT2D eigenvalue weighted by atomic mass is 9.73. The van der Waals surface area contributed by atoms with Crippen molar-refractivity contribution in [3.63, 3.8) is 0 Å². The highest BCUT2D eigenvalue weighted by molar-refractivity contribution is 5.72. The number of rotatable bonds is 2. The maximum Gasteiger partial charge on any atom is 0.407 e. The average molecular weight is 270 g/mol. The zero-order chi connectivity index (χ0) is 14.4. The maximum atomic E-state index is 11.4. The van der Waals surface area contributed by atoms with Gasteiger partial charge in [0.2, 0.25) is 0 Å². The monoisotopic (exact) mass is 270 g/mol. The third-order valence-corrected chi connectivity index (χ3v) is 4.65. The summed E-state index contributed by atoms with van der Waals surface area (Å²) in [5.41, 5.74) is -0.567. The Labute approximate surface area is 113 Å². The summed E-state index contributed by atoms with van der Waals surface area (Å²) in [5.74, 6) is -0.265. The smallest absolute Gasteiger partial charge is 0.407 e. The molecule has 0 unspecified atom stereocenters. The molecule has 2 aliphatic heterocycles. The number of fused-ring (bicyclic) bond motifs is 2. The van der Waals surface area contributed by atoms with Crippen LogP contribution in [0.3, 0.4) is 0 Å². The average Bonchev–Trinajstić information content (AvgIpc) is 2.84. The van der Waals surface area contributed by atoms with E-state index < -0.39 is 11.6 Å². The van der Waals surface area contributed by atoms with Gasteiger partial charge in [0.15, 0.2) is 0 Å². The molecule has 2 saturated heterocycles. The maximum absolute atomic E-state index is 11.4. The van der Waals surface area contributed by atoms with E-state index in [1.807, 2.05) is 0 Å². The number of amides is 1. The van der Waals surface area contributed by atoms with Gasteiger partial charge in [-0.1, -0.05) is 20.8 Å². The largest absolute Gasteiger partial charge is 0.468 e. The number of nitrogens with zero attached hydrogens (tertiary/aromatic N) is 2. The minimum absolute atomic E-state index is 0.120. The number of ether oxygens (including phenoxy) is 1. The van der Waals surface area contributed by atoms with Gasteiger partial charge in [-0.05, 0) is 11.8 Å². The number of hydrogen-bond acceptors (Lipinski definition) is 4. The van der Waals surface area contributed by atoms with Crippen LogP contribution in [0.4, 0.5) is 4.79 Å². The van der Waals surface area contributed by atoms with Gasteiger partial charge < -0.3 is 9.84 Å². The molecule has 2 heterocycles. The number of hydrogen-bond donors (Lipinski definition) is 1. The Bertz CT molecular complexity index is 404. The predicted molar refractivity (Wildman–Crippen MR) is 68.9 cm³/mol. The van der Waals surface area contributed by atoms with Crippen LogP contribution in [0.15, 0.2) is 0 Å². The molecule has 6 heteroatoms. The summed E-state index contributed by atoms with van der Waals surface area (Å²) in [6.07, 6.45) is -0.0741. The molecule has 0 aliphatic carbocycles. The van der Waals surface area contributed by atoms with Gasteiger partial charge in [-0.3, -0.25) is 14.6 Å². The zero-order valence-electron chi connectivity index (χ0n) is 12.0. The minimum atomic E-state index is -0.866. The van der Waals surface area contributed by atoms with Crippen LogP contribution in [0.5, 0.6) is 0 Å². The molecule has 0 aromatic carbocycles. The van der Waals surface area contributed by atoms with Crippen LogP contribution in [0.1, 0.15) is 27.2 Å². The van der Waals surface area contributed by atoms with E-state index in [0.29, 0.717) is 13.1 Å². The first kappa shape index (κ1) is 14.1. The first-order valence-electron chi connectivity index (χ1n) is 6.53. The first-order valence-corrected chi connectivity index (χ1v) is 6.53. The van der Waals surface area contributed by atoms with Crippen LogP contribution in [-0.2, 0) is 9.53 Å². The van der Waals surface area contributed by atoms with Crippen molar-refractivity contribution < 1.29 is 19.4 Å². The molecule has 0 spiro atoms. The SMILES string of the molecule is COC(=O)CN1C[C@@]2(C(C)(C)C)C[C@H]1CN2C(=O)O. The van der Waals surface area contributed by atoms with E-state index in [1.165, 1.54) is 7.11 Å². The standard InChI is InChI=1S/C13H22N2O4/c1-12(2,3)13-5-9(6-15(13)11(17)18)14(8-13)7-10(16)19-4/h9H,5-8H2,1-4H3,(H,17,18)/t9-,13+/m0/s1. The molecule has 0 aromatic heterocycles. The highest BCUT2D eigenvalue weighted by Gasteiger charge is 2.61. The molecule has 1 N–H and O–H groups in total. The van der Waals surface area contributed by atoms with E-state index in [9.17, 15) is 14.7 Å². The third kappa shape index (κ3) is 2.08. The lowest BCUT2D eigenvalue weighted by molar-refractivity contribution is -0.142. The van der Waals surface area contributed by atoms with Crippen LogP contribution in [0, 0.1) is 5.41 Å². The number of carbonyl (C=O) groups excluding carboxylic acids is 1. The molecule has 0 saturated carbocycles. The lowest BCUT2D eigenvalue weighted by Crippen LogP contribution is -2.62. The number of esters is 1. The van der Waals surface area contributed by atoms with E-state index >= 15 is 0 Å². The molecule has 2 fully saturated rings. The first-order chi connectivity index (χ1) is 8.71. The molecule has 1 amide bonds. The van der Waals surface area contributed by atoms with E-state index in [0.717, 1.165) is 6.42 Å². The second kappa shape index (κ2) is 4.37. The molecule has 2 bridgehead atoms. The second-order valence-corrected chi connectivity index (χ2v) is 6.51. The van der Waals surface area contributed by atoms with Gasteiger partial charge in [0, 0.05) is 19.1 Å². The summed E-state index contributed by atoms with van der Waals surface area (Å²) in [6.45, 7) is 7.51. The summed E-state index contributed by atoms with van der Waals surface area (Å²) in [7, 11) is 1.37. The van der Waals surface area contributed by atoms with Crippen LogP contribution >= 0.6 is 0 Å². The molecule has 19 heavy (non-hydrogen) atoms. The second-order valence-electron chi connectivity index (χ2n) is 6.51. The predicted octanol–water partition coefficient (Wildman–Crippen LogP) is 1.01. The van der Waals surface area contributed by atoms with Gasteiger partial charge in [0.1, 0.15) is 0 Å². The topological polar surface area (TPSA) is 70.1 Å². The van der Waals surface area contributed by atoms with Crippen molar-refractivity contribution in [2.45, 2.75) is 38.8 Å². The Morgan fingerprint density at radius 3 is 2.53 bits per heavy atom. The highest BCUT2D eigenvalue weighted by atomic mass is 16.5. The van der Waals surface area contributed by atoms with Crippen molar-refractivity contribution in [2.75, 3.05) is 26.7 Å². The van der Waals surface area contributed by atoms with Gasteiger partial charge in [0.05, 0.1) is 19.2 Å². The van der Waals surface area contributed by atoms with Crippen molar-refractivity contribution >= 4 is 12.1 Å². The fourth-order valence-corrected chi connectivity index (χ4v) is 3.43. The number of likely N-dealkylation sites (tertiary alicyclic amines) is 2. The van der Waals surface area contributed by atoms with E-state index in [2.05, 4.69) is 25.7 Å².